The Morgan fingerprint density at radius 3 is 2.12 bits per heavy atom. The Hall–Kier alpha value is -0.180. The maximum absolute atomic E-state index is 11.3. The van der Waals surface area contributed by atoms with E-state index in [2.05, 4.69) is 10.0 Å². The van der Waals surface area contributed by atoms with Crippen molar-refractivity contribution in [1.82, 2.24) is 10.0 Å². The van der Waals surface area contributed by atoms with E-state index in [4.69, 9.17) is 0 Å². The van der Waals surface area contributed by atoms with Crippen molar-refractivity contribution in [3.63, 3.8) is 0 Å². The Morgan fingerprint density at radius 2 is 1.62 bits per heavy atom. The van der Waals surface area contributed by atoms with Gasteiger partial charge in [-0.15, -0.1) is 0 Å². The van der Waals surface area contributed by atoms with Crippen molar-refractivity contribution in [2.24, 2.45) is 0 Å². The molecule has 0 rings (SSSR count). The van der Waals surface area contributed by atoms with Crippen LogP contribution in [0.25, 0.3) is 0 Å². The highest BCUT2D eigenvalue weighted by molar-refractivity contribution is 7.93. The van der Waals surface area contributed by atoms with Gasteiger partial charge in [-0.05, 0) is 19.5 Å². The van der Waals surface area contributed by atoms with Gasteiger partial charge in [-0.25, -0.2) is 21.6 Å². The molecule has 8 heteroatoms. The molecule has 98 valence electrons. The van der Waals surface area contributed by atoms with E-state index in [-0.39, 0.29) is 11.5 Å². The Balaban J connectivity index is 3.80. The summed E-state index contributed by atoms with van der Waals surface area (Å²) in [7, 11) is -6.69. The molecule has 16 heavy (non-hydrogen) atoms. The summed E-state index contributed by atoms with van der Waals surface area (Å²) in [5, 5.41) is 3.06. The molecule has 0 saturated heterocycles. The third-order valence-electron chi connectivity index (χ3n) is 1.83. The van der Waals surface area contributed by atoms with Crippen molar-refractivity contribution in [2.45, 2.75) is 13.3 Å². The van der Waals surface area contributed by atoms with Crippen molar-refractivity contribution in [1.29, 1.82) is 0 Å². The van der Waals surface area contributed by atoms with E-state index in [0.29, 0.717) is 13.0 Å². The van der Waals surface area contributed by atoms with Crippen LogP contribution in [-0.4, -0.2) is 54.2 Å². The molecule has 2 N–H and O–H groups in total. The summed E-state index contributed by atoms with van der Waals surface area (Å²) in [5.74, 6) is -0.706. The molecule has 6 nitrogen and oxygen atoms in total. The molecule has 0 aromatic rings. The van der Waals surface area contributed by atoms with Crippen molar-refractivity contribution >= 4 is 19.9 Å². The second-order valence-electron chi connectivity index (χ2n) is 3.55. The highest BCUT2D eigenvalue weighted by atomic mass is 32.2. The molecule has 0 fully saturated rings. The maximum Gasteiger partial charge on any atom is 0.212 e. The molecular formula is C8H20N2O4S2. The minimum Gasteiger partial charge on any atom is -0.317 e. The summed E-state index contributed by atoms with van der Waals surface area (Å²) in [6, 6.07) is 0. The molecule has 0 heterocycles. The third-order valence-corrected chi connectivity index (χ3v) is 4.41. The number of sulfone groups is 1. The molecule has 0 amide bonds. The zero-order valence-electron chi connectivity index (χ0n) is 9.69. The lowest BCUT2D eigenvalue weighted by Gasteiger charge is -2.06. The summed E-state index contributed by atoms with van der Waals surface area (Å²) in [5.41, 5.74) is 0. The van der Waals surface area contributed by atoms with E-state index in [9.17, 15) is 16.8 Å². The number of hydrogen-bond acceptors (Lipinski definition) is 5. The van der Waals surface area contributed by atoms with E-state index in [1.54, 1.807) is 0 Å². The molecular weight excluding hydrogens is 252 g/mol. The van der Waals surface area contributed by atoms with Crippen molar-refractivity contribution in [3.8, 4) is 0 Å². The first-order valence-electron chi connectivity index (χ1n) is 5.12. The number of rotatable bonds is 9. The second kappa shape index (κ2) is 7.21. The summed E-state index contributed by atoms with van der Waals surface area (Å²) in [4.78, 5) is 0. The minimum atomic E-state index is -3.46. The van der Waals surface area contributed by atoms with Gasteiger partial charge in [-0.3, -0.25) is 0 Å². The van der Waals surface area contributed by atoms with E-state index in [0.717, 1.165) is 19.3 Å². The van der Waals surface area contributed by atoms with Crippen LogP contribution in [0.5, 0.6) is 0 Å². The second-order valence-corrected chi connectivity index (χ2v) is 7.74. The fraction of sp³-hybridized carbons (Fsp3) is 1.00. The summed E-state index contributed by atoms with van der Waals surface area (Å²) >= 11 is 0. The minimum absolute atomic E-state index is 0.332. The Morgan fingerprint density at radius 1 is 1.00 bits per heavy atom. The lowest BCUT2D eigenvalue weighted by Crippen LogP contribution is -2.31. The fourth-order valence-corrected chi connectivity index (χ4v) is 3.64. The van der Waals surface area contributed by atoms with Gasteiger partial charge in [0.05, 0.1) is 11.5 Å². The lowest BCUT2D eigenvalue weighted by atomic mass is 10.4. The van der Waals surface area contributed by atoms with Crippen LogP contribution >= 0.6 is 0 Å². The van der Waals surface area contributed by atoms with Gasteiger partial charge in [0.1, 0.15) is 9.84 Å². The van der Waals surface area contributed by atoms with Gasteiger partial charge in [-0.1, -0.05) is 6.92 Å². The first kappa shape index (κ1) is 15.8. The maximum atomic E-state index is 11.3. The number of hydrogen-bond donors (Lipinski definition) is 2. The van der Waals surface area contributed by atoms with Gasteiger partial charge in [0.2, 0.25) is 10.0 Å². The lowest BCUT2D eigenvalue weighted by molar-refractivity contribution is 0.573. The van der Waals surface area contributed by atoms with Crippen LogP contribution in [0.15, 0.2) is 0 Å². The molecule has 0 aromatic carbocycles. The topological polar surface area (TPSA) is 92.3 Å². The SMILES string of the molecule is CCNCCCNS(=O)(=O)CCS(C)(=O)=O. The van der Waals surface area contributed by atoms with Crippen LogP contribution in [-0.2, 0) is 19.9 Å². The molecule has 0 aliphatic rings. The standard InChI is InChI=1S/C8H20N2O4S2/c1-3-9-5-4-6-10-16(13,14)8-7-15(2,11)12/h9-10H,3-8H2,1-2H3. The monoisotopic (exact) mass is 272 g/mol. The molecule has 0 aromatic heterocycles. The van der Waals surface area contributed by atoms with Crippen LogP contribution in [0.3, 0.4) is 0 Å². The van der Waals surface area contributed by atoms with Gasteiger partial charge < -0.3 is 5.32 Å². The molecule has 0 unspecified atom stereocenters. The summed E-state index contributed by atoms with van der Waals surface area (Å²) in [6.07, 6.45) is 1.71. The highest BCUT2D eigenvalue weighted by Crippen LogP contribution is 1.90. The summed E-state index contributed by atoms with van der Waals surface area (Å²) < 4.78 is 46.6. The third kappa shape index (κ3) is 10.3. The van der Waals surface area contributed by atoms with Gasteiger partial charge in [-0.2, -0.15) is 0 Å². The Bertz CT molecular complexity index is 375. The van der Waals surface area contributed by atoms with E-state index in [1.807, 2.05) is 6.92 Å². The van der Waals surface area contributed by atoms with E-state index >= 15 is 0 Å². The van der Waals surface area contributed by atoms with Gasteiger partial charge in [0, 0.05) is 12.8 Å². The molecule has 0 atom stereocenters. The molecule has 0 aliphatic carbocycles. The van der Waals surface area contributed by atoms with Gasteiger partial charge in [0.25, 0.3) is 0 Å². The quantitative estimate of drug-likeness (QED) is 0.523. The van der Waals surface area contributed by atoms with Crippen LogP contribution in [0.4, 0.5) is 0 Å². The Labute approximate surface area is 97.8 Å². The van der Waals surface area contributed by atoms with Crippen LogP contribution in [0, 0.1) is 0 Å². The van der Waals surface area contributed by atoms with Crippen LogP contribution < -0.4 is 10.0 Å². The molecule has 0 aliphatic heterocycles. The highest BCUT2D eigenvalue weighted by Gasteiger charge is 2.13. The fourth-order valence-electron chi connectivity index (χ4n) is 0.951. The van der Waals surface area contributed by atoms with E-state index < -0.39 is 19.9 Å². The molecule has 0 radical (unpaired) electrons. The zero-order valence-corrected chi connectivity index (χ0v) is 11.3. The first-order valence-corrected chi connectivity index (χ1v) is 8.84. The smallest absolute Gasteiger partial charge is 0.212 e. The van der Waals surface area contributed by atoms with Crippen molar-refractivity contribution in [3.05, 3.63) is 0 Å². The molecule has 0 spiro atoms. The van der Waals surface area contributed by atoms with Crippen LogP contribution in [0.2, 0.25) is 0 Å². The van der Waals surface area contributed by atoms with Gasteiger partial charge >= 0.3 is 0 Å². The average Bonchev–Trinajstić information content (AvgIpc) is 2.14. The van der Waals surface area contributed by atoms with E-state index in [1.165, 1.54) is 0 Å². The summed E-state index contributed by atoms with van der Waals surface area (Å²) in [6.45, 7) is 3.89. The average molecular weight is 272 g/mol. The predicted octanol–water partition coefficient (Wildman–Crippen LogP) is -1.05. The van der Waals surface area contributed by atoms with Crippen LogP contribution in [0.1, 0.15) is 13.3 Å². The largest absolute Gasteiger partial charge is 0.317 e. The van der Waals surface area contributed by atoms with Crippen molar-refractivity contribution in [2.75, 3.05) is 37.4 Å². The first-order chi connectivity index (χ1) is 7.27. The predicted molar refractivity (Wildman–Crippen MR) is 64.7 cm³/mol. The van der Waals surface area contributed by atoms with Crippen molar-refractivity contribution < 1.29 is 16.8 Å². The number of nitrogens with one attached hydrogen (secondary N) is 2. The normalized spacial score (nSPS) is 12.9. The molecule has 0 bridgehead atoms. The Kier molecular flexibility index (Phi) is 7.12. The zero-order chi connectivity index (χ0) is 12.7. The number of sulfonamides is 1. The van der Waals surface area contributed by atoms with Gasteiger partial charge in [0.15, 0.2) is 0 Å². The molecule has 0 saturated carbocycles.